The van der Waals surface area contributed by atoms with Gasteiger partial charge in [-0.15, -0.1) is 0 Å². The SMILES string of the molecule is CN(C)CCNS(=O)(=O)c1ccc(N2CCC(c3c[nH]c4ccccc34)CC2)c([N+](=O)[O-])c1. The first-order chi connectivity index (χ1) is 15.8. The van der Waals surface area contributed by atoms with E-state index in [0.29, 0.717) is 31.2 Å². The van der Waals surface area contributed by atoms with Gasteiger partial charge in [0.1, 0.15) is 5.69 Å². The fourth-order valence-electron chi connectivity index (χ4n) is 4.43. The molecular formula is C23H29N5O4S. The zero-order valence-corrected chi connectivity index (χ0v) is 19.6. The third-order valence-corrected chi connectivity index (χ3v) is 7.66. The first-order valence-corrected chi connectivity index (χ1v) is 12.5. The number of likely N-dealkylation sites (N-methyl/N-ethyl adjacent to an activating group) is 1. The number of aromatic nitrogens is 1. The molecule has 0 bridgehead atoms. The van der Waals surface area contributed by atoms with Gasteiger partial charge >= 0.3 is 0 Å². The molecule has 2 aromatic carbocycles. The van der Waals surface area contributed by atoms with Crippen LogP contribution in [0.4, 0.5) is 11.4 Å². The summed E-state index contributed by atoms with van der Waals surface area (Å²) in [6, 6.07) is 12.4. The Balaban J connectivity index is 1.50. The number of piperidine rings is 1. The van der Waals surface area contributed by atoms with Crippen molar-refractivity contribution in [2.45, 2.75) is 23.7 Å². The number of nitro groups is 1. The number of hydrogen-bond acceptors (Lipinski definition) is 6. The van der Waals surface area contributed by atoms with E-state index in [4.69, 9.17) is 0 Å². The van der Waals surface area contributed by atoms with Crippen LogP contribution >= 0.6 is 0 Å². The lowest BCUT2D eigenvalue weighted by molar-refractivity contribution is -0.384. The van der Waals surface area contributed by atoms with Crippen LogP contribution in [0.3, 0.4) is 0 Å². The fraction of sp³-hybridized carbons (Fsp3) is 0.391. The third kappa shape index (κ3) is 5.02. The molecule has 0 aliphatic carbocycles. The van der Waals surface area contributed by atoms with Gasteiger partial charge in [0.25, 0.3) is 5.69 Å². The molecule has 10 heteroatoms. The van der Waals surface area contributed by atoms with Crippen molar-refractivity contribution in [3.8, 4) is 0 Å². The van der Waals surface area contributed by atoms with Crippen molar-refractivity contribution < 1.29 is 13.3 Å². The van der Waals surface area contributed by atoms with Crippen LogP contribution in [-0.4, -0.2) is 63.5 Å². The van der Waals surface area contributed by atoms with Crippen LogP contribution in [0.15, 0.2) is 53.6 Å². The van der Waals surface area contributed by atoms with Crippen LogP contribution < -0.4 is 9.62 Å². The van der Waals surface area contributed by atoms with Gasteiger partial charge in [-0.2, -0.15) is 0 Å². The van der Waals surface area contributed by atoms with Crippen LogP contribution in [-0.2, 0) is 10.0 Å². The molecule has 1 saturated heterocycles. The Labute approximate surface area is 193 Å². The molecule has 1 aliphatic rings. The van der Waals surface area contributed by atoms with E-state index in [2.05, 4.69) is 28.0 Å². The Kier molecular flexibility index (Phi) is 6.68. The number of nitrogens with zero attached hydrogens (tertiary/aromatic N) is 3. The summed E-state index contributed by atoms with van der Waals surface area (Å²) in [4.78, 5) is 18.4. The standard InChI is InChI=1S/C23H29N5O4S/c1-26(2)14-11-25-33(31,32)18-7-8-22(23(15-18)28(29)30)27-12-9-17(10-13-27)20-16-24-21-6-4-3-5-19(20)21/h3-8,15-17,24-25H,9-14H2,1-2H3. The van der Waals surface area contributed by atoms with E-state index in [-0.39, 0.29) is 17.1 Å². The van der Waals surface area contributed by atoms with Gasteiger partial charge in [0, 0.05) is 49.3 Å². The van der Waals surface area contributed by atoms with Crippen molar-refractivity contribution in [1.29, 1.82) is 0 Å². The predicted molar refractivity (Wildman–Crippen MR) is 129 cm³/mol. The number of fused-ring (bicyclic) bond motifs is 1. The molecular weight excluding hydrogens is 442 g/mol. The summed E-state index contributed by atoms with van der Waals surface area (Å²) in [5.74, 6) is 0.372. The molecule has 0 amide bonds. The molecule has 2 heterocycles. The molecule has 0 atom stereocenters. The highest BCUT2D eigenvalue weighted by atomic mass is 32.2. The van der Waals surface area contributed by atoms with Crippen molar-refractivity contribution in [1.82, 2.24) is 14.6 Å². The Bertz CT molecular complexity index is 1250. The summed E-state index contributed by atoms with van der Waals surface area (Å²) in [6.45, 7) is 2.09. The van der Waals surface area contributed by atoms with Gasteiger partial charge in [-0.3, -0.25) is 10.1 Å². The first kappa shape index (κ1) is 23.2. The second-order valence-corrected chi connectivity index (χ2v) is 10.4. The Morgan fingerprint density at radius 2 is 1.91 bits per heavy atom. The number of aromatic amines is 1. The maximum absolute atomic E-state index is 12.6. The molecule has 176 valence electrons. The minimum Gasteiger partial charge on any atom is -0.366 e. The molecule has 33 heavy (non-hydrogen) atoms. The summed E-state index contributed by atoms with van der Waals surface area (Å²) in [7, 11) is -0.136. The molecule has 9 nitrogen and oxygen atoms in total. The van der Waals surface area contributed by atoms with Gasteiger partial charge < -0.3 is 14.8 Å². The average molecular weight is 472 g/mol. The number of benzene rings is 2. The van der Waals surface area contributed by atoms with Gasteiger partial charge in [0.05, 0.1) is 9.82 Å². The topological polar surface area (TPSA) is 112 Å². The summed E-state index contributed by atoms with van der Waals surface area (Å²) >= 11 is 0. The molecule has 3 aromatic rings. The van der Waals surface area contributed by atoms with Crippen molar-refractivity contribution in [2.24, 2.45) is 0 Å². The highest BCUT2D eigenvalue weighted by Gasteiger charge is 2.28. The van der Waals surface area contributed by atoms with Gasteiger partial charge in [0.2, 0.25) is 10.0 Å². The maximum Gasteiger partial charge on any atom is 0.293 e. The lowest BCUT2D eigenvalue weighted by atomic mass is 9.89. The molecule has 1 fully saturated rings. The zero-order chi connectivity index (χ0) is 23.6. The van der Waals surface area contributed by atoms with Gasteiger partial charge in [-0.05, 0) is 56.6 Å². The van der Waals surface area contributed by atoms with Crippen LogP contribution in [0.2, 0.25) is 0 Å². The number of sulfonamides is 1. The highest BCUT2D eigenvalue weighted by molar-refractivity contribution is 7.89. The molecule has 4 rings (SSSR count). The second-order valence-electron chi connectivity index (χ2n) is 8.66. The molecule has 0 unspecified atom stereocenters. The van der Waals surface area contributed by atoms with Crippen LogP contribution in [0, 0.1) is 10.1 Å². The van der Waals surface area contributed by atoms with Crippen LogP contribution in [0.25, 0.3) is 10.9 Å². The molecule has 0 saturated carbocycles. The number of para-hydroxylation sites is 1. The third-order valence-electron chi connectivity index (χ3n) is 6.20. The van der Waals surface area contributed by atoms with E-state index in [1.807, 2.05) is 36.0 Å². The molecule has 1 aliphatic heterocycles. The van der Waals surface area contributed by atoms with E-state index >= 15 is 0 Å². The molecule has 2 N–H and O–H groups in total. The van der Waals surface area contributed by atoms with E-state index < -0.39 is 14.9 Å². The van der Waals surface area contributed by atoms with Crippen LogP contribution in [0.5, 0.6) is 0 Å². The predicted octanol–water partition coefficient (Wildman–Crippen LogP) is 3.30. The number of nitro benzene ring substituents is 1. The number of anilines is 1. The average Bonchev–Trinajstić information content (AvgIpc) is 3.22. The highest BCUT2D eigenvalue weighted by Crippen LogP contribution is 2.37. The summed E-state index contributed by atoms with van der Waals surface area (Å²) in [5.41, 5.74) is 2.67. The number of hydrogen-bond donors (Lipinski definition) is 2. The van der Waals surface area contributed by atoms with E-state index in [1.165, 1.54) is 23.1 Å². The monoisotopic (exact) mass is 471 g/mol. The number of H-pyrrole nitrogens is 1. The van der Waals surface area contributed by atoms with Gasteiger partial charge in [-0.1, -0.05) is 18.2 Å². The van der Waals surface area contributed by atoms with Gasteiger partial charge in [0.15, 0.2) is 0 Å². The summed E-state index contributed by atoms with van der Waals surface area (Å²) in [5, 5.41) is 13.0. The Hall–Kier alpha value is -2.95. The summed E-state index contributed by atoms with van der Waals surface area (Å²) in [6.07, 6.45) is 3.80. The van der Waals surface area contributed by atoms with Crippen molar-refractivity contribution >= 4 is 32.3 Å². The van der Waals surface area contributed by atoms with Crippen molar-refractivity contribution in [3.63, 3.8) is 0 Å². The quantitative estimate of drug-likeness (QED) is 0.385. The lowest BCUT2D eigenvalue weighted by Crippen LogP contribution is -2.33. The van der Waals surface area contributed by atoms with Gasteiger partial charge in [-0.25, -0.2) is 13.1 Å². The smallest absolute Gasteiger partial charge is 0.293 e. The lowest BCUT2D eigenvalue weighted by Gasteiger charge is -2.33. The minimum absolute atomic E-state index is 0.0922. The minimum atomic E-state index is -3.82. The number of rotatable bonds is 8. The Morgan fingerprint density at radius 3 is 2.61 bits per heavy atom. The number of nitrogens with one attached hydrogen (secondary N) is 2. The fourth-order valence-corrected chi connectivity index (χ4v) is 5.47. The van der Waals surface area contributed by atoms with Crippen molar-refractivity contribution in [3.05, 3.63) is 64.3 Å². The zero-order valence-electron chi connectivity index (χ0n) is 18.8. The normalized spacial score (nSPS) is 15.4. The van der Waals surface area contributed by atoms with Crippen molar-refractivity contribution in [2.75, 3.05) is 45.2 Å². The Morgan fingerprint density at radius 1 is 1.18 bits per heavy atom. The van der Waals surface area contributed by atoms with E-state index in [1.54, 1.807) is 6.07 Å². The maximum atomic E-state index is 12.6. The molecule has 0 spiro atoms. The molecule has 1 aromatic heterocycles. The van der Waals surface area contributed by atoms with E-state index in [0.717, 1.165) is 18.4 Å². The summed E-state index contributed by atoms with van der Waals surface area (Å²) < 4.78 is 27.7. The first-order valence-electron chi connectivity index (χ1n) is 11.0. The van der Waals surface area contributed by atoms with E-state index in [9.17, 15) is 18.5 Å². The molecule has 0 radical (unpaired) electrons. The van der Waals surface area contributed by atoms with Crippen LogP contribution in [0.1, 0.15) is 24.3 Å². The second kappa shape index (κ2) is 9.50. The largest absolute Gasteiger partial charge is 0.366 e.